The molecule has 0 aliphatic heterocycles. The van der Waals surface area contributed by atoms with E-state index < -0.39 is 0 Å². The molecule has 0 spiro atoms. The Labute approximate surface area is 85.2 Å². The lowest BCUT2D eigenvalue weighted by molar-refractivity contribution is 0.634. The molecule has 0 saturated heterocycles. The van der Waals surface area contributed by atoms with Crippen molar-refractivity contribution >= 4 is 5.57 Å². The third kappa shape index (κ3) is 1.92. The molecule has 14 heavy (non-hydrogen) atoms. The Hall–Kier alpha value is -1.37. The first kappa shape index (κ1) is 9.20. The van der Waals surface area contributed by atoms with Crippen LogP contribution in [0.5, 0.6) is 0 Å². The van der Waals surface area contributed by atoms with Crippen LogP contribution in [0.2, 0.25) is 0 Å². The lowest BCUT2D eigenvalue weighted by Gasteiger charge is -2.13. The number of allylic oxidation sites excluding steroid dienone is 4. The van der Waals surface area contributed by atoms with E-state index in [1.165, 1.54) is 12.0 Å². The van der Waals surface area contributed by atoms with Crippen molar-refractivity contribution in [3.63, 3.8) is 0 Å². The fourth-order valence-corrected chi connectivity index (χ4v) is 1.69. The minimum Gasteiger partial charge on any atom is -0.256 e. The molecule has 1 aliphatic carbocycles. The summed E-state index contributed by atoms with van der Waals surface area (Å²) in [6, 6.07) is 6.04. The zero-order valence-electron chi connectivity index (χ0n) is 8.48. The largest absolute Gasteiger partial charge is 0.256 e. The summed E-state index contributed by atoms with van der Waals surface area (Å²) in [7, 11) is 0. The Bertz CT molecular complexity index is 349. The van der Waals surface area contributed by atoms with E-state index in [1.54, 1.807) is 0 Å². The monoisotopic (exact) mass is 185 g/mol. The molecule has 1 heteroatoms. The van der Waals surface area contributed by atoms with Crippen LogP contribution < -0.4 is 0 Å². The van der Waals surface area contributed by atoms with E-state index in [-0.39, 0.29) is 0 Å². The fraction of sp³-hybridized carbons (Fsp3) is 0.308. The van der Waals surface area contributed by atoms with E-state index in [9.17, 15) is 0 Å². The standard InChI is InChI=1S/C13H15N/c1-2-11-6-8-12(9-7-11)13-5-3-4-10-14-13/h3-6,8-11H,2,7H2,1H3. The Morgan fingerprint density at radius 2 is 2.36 bits per heavy atom. The van der Waals surface area contributed by atoms with Gasteiger partial charge in [0, 0.05) is 6.20 Å². The fourth-order valence-electron chi connectivity index (χ4n) is 1.69. The summed E-state index contributed by atoms with van der Waals surface area (Å²) in [5, 5.41) is 0. The molecule has 0 bridgehead atoms. The van der Waals surface area contributed by atoms with Crippen molar-refractivity contribution in [2.24, 2.45) is 5.92 Å². The van der Waals surface area contributed by atoms with Crippen LogP contribution in [0, 0.1) is 5.92 Å². The van der Waals surface area contributed by atoms with Gasteiger partial charge in [-0.2, -0.15) is 0 Å². The second-order valence-corrected chi connectivity index (χ2v) is 3.64. The highest BCUT2D eigenvalue weighted by atomic mass is 14.7. The minimum absolute atomic E-state index is 0.725. The summed E-state index contributed by atoms with van der Waals surface area (Å²) in [5.74, 6) is 0.725. The van der Waals surface area contributed by atoms with Crippen molar-refractivity contribution in [2.75, 3.05) is 0 Å². The van der Waals surface area contributed by atoms with Gasteiger partial charge in [0.25, 0.3) is 0 Å². The van der Waals surface area contributed by atoms with Crippen LogP contribution in [0.3, 0.4) is 0 Å². The van der Waals surface area contributed by atoms with Crippen LogP contribution >= 0.6 is 0 Å². The zero-order chi connectivity index (χ0) is 9.80. The molecule has 1 aliphatic rings. The van der Waals surface area contributed by atoms with Gasteiger partial charge in [-0.15, -0.1) is 0 Å². The van der Waals surface area contributed by atoms with E-state index in [2.05, 4.69) is 36.2 Å². The summed E-state index contributed by atoms with van der Waals surface area (Å²) >= 11 is 0. The Kier molecular flexibility index (Phi) is 2.78. The minimum atomic E-state index is 0.725. The topological polar surface area (TPSA) is 12.9 Å². The second kappa shape index (κ2) is 4.23. The van der Waals surface area contributed by atoms with Crippen molar-refractivity contribution in [1.82, 2.24) is 4.98 Å². The van der Waals surface area contributed by atoms with Crippen LogP contribution in [-0.2, 0) is 0 Å². The first-order valence-corrected chi connectivity index (χ1v) is 5.20. The van der Waals surface area contributed by atoms with Crippen LogP contribution in [0.1, 0.15) is 25.5 Å². The predicted octanol–water partition coefficient (Wildman–Crippen LogP) is 3.45. The van der Waals surface area contributed by atoms with Crippen molar-refractivity contribution in [3.05, 3.63) is 48.3 Å². The van der Waals surface area contributed by atoms with Gasteiger partial charge in [0.1, 0.15) is 0 Å². The number of pyridine rings is 1. The molecule has 72 valence electrons. The molecule has 1 atom stereocenters. The van der Waals surface area contributed by atoms with Crippen molar-refractivity contribution < 1.29 is 0 Å². The van der Waals surface area contributed by atoms with Gasteiger partial charge in [0.15, 0.2) is 0 Å². The van der Waals surface area contributed by atoms with Crippen LogP contribution in [0.25, 0.3) is 5.57 Å². The van der Waals surface area contributed by atoms with E-state index in [1.807, 2.05) is 18.3 Å². The molecule has 2 rings (SSSR count). The first-order valence-electron chi connectivity index (χ1n) is 5.20. The molecular formula is C13H15N. The number of rotatable bonds is 2. The lowest BCUT2D eigenvalue weighted by Crippen LogP contribution is -1.98. The van der Waals surface area contributed by atoms with E-state index in [0.29, 0.717) is 0 Å². The maximum atomic E-state index is 4.33. The summed E-state index contributed by atoms with van der Waals surface area (Å²) in [6.45, 7) is 2.23. The van der Waals surface area contributed by atoms with Gasteiger partial charge in [0.05, 0.1) is 5.69 Å². The predicted molar refractivity (Wildman–Crippen MR) is 59.8 cm³/mol. The van der Waals surface area contributed by atoms with Gasteiger partial charge in [-0.05, 0) is 36.5 Å². The van der Waals surface area contributed by atoms with E-state index in [0.717, 1.165) is 18.0 Å². The molecule has 0 radical (unpaired) electrons. The summed E-state index contributed by atoms with van der Waals surface area (Å²) in [4.78, 5) is 4.33. The highest BCUT2D eigenvalue weighted by Gasteiger charge is 2.07. The smallest absolute Gasteiger partial charge is 0.0698 e. The molecule has 1 aromatic heterocycles. The second-order valence-electron chi connectivity index (χ2n) is 3.64. The van der Waals surface area contributed by atoms with Gasteiger partial charge in [-0.25, -0.2) is 0 Å². The average Bonchev–Trinajstić information content (AvgIpc) is 2.30. The third-order valence-electron chi connectivity index (χ3n) is 2.67. The normalized spacial score (nSPS) is 20.6. The Morgan fingerprint density at radius 3 is 2.93 bits per heavy atom. The molecule has 0 aromatic carbocycles. The maximum Gasteiger partial charge on any atom is 0.0698 e. The Balaban J connectivity index is 2.16. The number of hydrogen-bond donors (Lipinski definition) is 0. The van der Waals surface area contributed by atoms with Crippen molar-refractivity contribution in [3.8, 4) is 0 Å². The molecule has 1 nitrogen and oxygen atoms in total. The average molecular weight is 185 g/mol. The molecule has 0 fully saturated rings. The highest BCUT2D eigenvalue weighted by Crippen LogP contribution is 2.24. The van der Waals surface area contributed by atoms with Gasteiger partial charge in [0.2, 0.25) is 0 Å². The zero-order valence-corrected chi connectivity index (χ0v) is 8.48. The summed E-state index contributed by atoms with van der Waals surface area (Å²) < 4.78 is 0. The van der Waals surface area contributed by atoms with Gasteiger partial charge >= 0.3 is 0 Å². The number of hydrogen-bond acceptors (Lipinski definition) is 1. The molecule has 1 heterocycles. The van der Waals surface area contributed by atoms with Gasteiger partial charge in [-0.3, -0.25) is 4.98 Å². The maximum absolute atomic E-state index is 4.33. The quantitative estimate of drug-likeness (QED) is 0.687. The third-order valence-corrected chi connectivity index (χ3v) is 2.67. The molecule has 1 aromatic rings. The van der Waals surface area contributed by atoms with Crippen molar-refractivity contribution in [1.29, 1.82) is 0 Å². The molecular weight excluding hydrogens is 170 g/mol. The SMILES string of the molecule is CCC1C=CC(c2ccccn2)=CC1. The summed E-state index contributed by atoms with van der Waals surface area (Å²) in [6.07, 6.45) is 11.0. The lowest BCUT2D eigenvalue weighted by atomic mass is 9.93. The number of nitrogens with zero attached hydrogens (tertiary/aromatic N) is 1. The van der Waals surface area contributed by atoms with Crippen LogP contribution in [0.4, 0.5) is 0 Å². The van der Waals surface area contributed by atoms with E-state index in [4.69, 9.17) is 0 Å². The Morgan fingerprint density at radius 1 is 1.43 bits per heavy atom. The first-order chi connectivity index (χ1) is 6.90. The highest BCUT2D eigenvalue weighted by molar-refractivity contribution is 5.72. The van der Waals surface area contributed by atoms with Gasteiger partial charge in [-0.1, -0.05) is 31.2 Å². The van der Waals surface area contributed by atoms with Crippen LogP contribution in [0.15, 0.2) is 42.6 Å². The molecule has 1 unspecified atom stereocenters. The molecule has 0 N–H and O–H groups in total. The summed E-state index contributed by atoms with van der Waals surface area (Å²) in [5.41, 5.74) is 2.34. The van der Waals surface area contributed by atoms with E-state index >= 15 is 0 Å². The van der Waals surface area contributed by atoms with Crippen LogP contribution in [-0.4, -0.2) is 4.98 Å². The van der Waals surface area contributed by atoms with Crippen molar-refractivity contribution in [2.45, 2.75) is 19.8 Å². The van der Waals surface area contributed by atoms with Gasteiger partial charge < -0.3 is 0 Å². The molecule has 0 saturated carbocycles. The molecule has 0 amide bonds. The number of aromatic nitrogens is 1.